The second-order valence-corrected chi connectivity index (χ2v) is 3.86. The van der Waals surface area contributed by atoms with Crippen molar-refractivity contribution in [1.82, 2.24) is 4.98 Å². The molecule has 1 rings (SSSR count). The van der Waals surface area contributed by atoms with Crippen molar-refractivity contribution >= 4 is 21.9 Å². The minimum absolute atomic E-state index is 0.179. The minimum Gasteiger partial charge on any atom is -0.466 e. The van der Waals surface area contributed by atoms with Gasteiger partial charge in [0.2, 0.25) is 0 Å². The lowest BCUT2D eigenvalue weighted by atomic mass is 10.1. The predicted molar refractivity (Wildman–Crippen MR) is 62.2 cm³/mol. The second-order valence-electron chi connectivity index (χ2n) is 3.30. The molecule has 1 aromatic rings. The first-order chi connectivity index (χ1) is 8.08. The number of aromatic nitrogens is 1. The number of alkyl halides is 3. The van der Waals surface area contributed by atoms with Crippen LogP contribution in [0.15, 0.2) is 12.3 Å². The van der Waals surface area contributed by atoms with E-state index >= 15 is 0 Å². The Hall–Kier alpha value is -1.04. The van der Waals surface area contributed by atoms with Gasteiger partial charge in [-0.15, -0.1) is 0 Å². The van der Waals surface area contributed by atoms with Crippen LogP contribution in [-0.4, -0.2) is 17.6 Å². The molecule has 0 atom stereocenters. The topological polar surface area (TPSA) is 39.2 Å². The first-order valence-electron chi connectivity index (χ1n) is 5.05. The zero-order valence-electron chi connectivity index (χ0n) is 9.25. The normalized spacial score (nSPS) is 10.6. The molecule has 0 aliphatic carbocycles. The Morgan fingerprint density at radius 1 is 1.59 bits per heavy atom. The Morgan fingerprint density at radius 2 is 2.29 bits per heavy atom. The average molecular weight is 308 g/mol. The van der Waals surface area contributed by atoms with Crippen molar-refractivity contribution in [2.45, 2.75) is 25.1 Å². The molecule has 0 saturated heterocycles. The van der Waals surface area contributed by atoms with Crippen molar-refractivity contribution < 1.29 is 18.3 Å². The van der Waals surface area contributed by atoms with Gasteiger partial charge in [0.25, 0.3) is 6.43 Å². The van der Waals surface area contributed by atoms with Crippen molar-refractivity contribution in [3.63, 3.8) is 0 Å². The zero-order valence-corrected chi connectivity index (χ0v) is 10.8. The Balaban J connectivity index is 2.96. The molecule has 94 valence electrons. The highest BCUT2D eigenvalue weighted by Gasteiger charge is 2.17. The summed E-state index contributed by atoms with van der Waals surface area (Å²) in [4.78, 5) is 15.0. The minimum atomic E-state index is -2.69. The van der Waals surface area contributed by atoms with Gasteiger partial charge in [0, 0.05) is 11.5 Å². The van der Waals surface area contributed by atoms with Crippen LogP contribution in [0.3, 0.4) is 0 Å². The van der Waals surface area contributed by atoms with Gasteiger partial charge in [0.15, 0.2) is 0 Å². The van der Waals surface area contributed by atoms with Crippen molar-refractivity contribution in [3.8, 4) is 0 Å². The van der Waals surface area contributed by atoms with E-state index in [0.29, 0.717) is 5.33 Å². The van der Waals surface area contributed by atoms with Gasteiger partial charge in [0.05, 0.1) is 13.0 Å². The smallest absolute Gasteiger partial charge is 0.310 e. The monoisotopic (exact) mass is 307 g/mol. The number of carbonyl (C=O) groups excluding carboxylic acids is 1. The lowest BCUT2D eigenvalue weighted by Crippen LogP contribution is -2.11. The third-order valence-corrected chi connectivity index (χ3v) is 2.71. The summed E-state index contributed by atoms with van der Waals surface area (Å²) in [7, 11) is 0. The molecular formula is C11H12BrF2NO2. The average Bonchev–Trinajstić information content (AvgIpc) is 2.28. The fraction of sp³-hybridized carbons (Fsp3) is 0.455. The lowest BCUT2D eigenvalue weighted by Gasteiger charge is -2.09. The van der Waals surface area contributed by atoms with Gasteiger partial charge in [0.1, 0.15) is 5.69 Å². The van der Waals surface area contributed by atoms with Crippen LogP contribution < -0.4 is 0 Å². The molecule has 0 aromatic carbocycles. The first-order valence-corrected chi connectivity index (χ1v) is 6.18. The van der Waals surface area contributed by atoms with E-state index < -0.39 is 12.4 Å². The number of nitrogens with zero attached hydrogens (tertiary/aromatic N) is 1. The van der Waals surface area contributed by atoms with Gasteiger partial charge in [-0.3, -0.25) is 9.78 Å². The van der Waals surface area contributed by atoms with Gasteiger partial charge in [-0.1, -0.05) is 22.0 Å². The maximum Gasteiger partial charge on any atom is 0.310 e. The Morgan fingerprint density at radius 3 is 2.82 bits per heavy atom. The number of carbonyl (C=O) groups is 1. The van der Waals surface area contributed by atoms with Gasteiger partial charge >= 0.3 is 5.97 Å². The fourth-order valence-electron chi connectivity index (χ4n) is 1.35. The van der Waals surface area contributed by atoms with Crippen LogP contribution in [0.4, 0.5) is 8.78 Å². The Bertz CT molecular complexity index is 399. The lowest BCUT2D eigenvalue weighted by molar-refractivity contribution is -0.142. The van der Waals surface area contributed by atoms with Crippen LogP contribution in [0.25, 0.3) is 0 Å². The van der Waals surface area contributed by atoms with Crippen LogP contribution in [0, 0.1) is 0 Å². The van der Waals surface area contributed by atoms with Crippen molar-refractivity contribution in [3.05, 3.63) is 29.1 Å². The number of pyridine rings is 1. The summed E-state index contributed by atoms with van der Waals surface area (Å²) >= 11 is 3.21. The first kappa shape index (κ1) is 14.0. The molecule has 1 heterocycles. The molecule has 0 bridgehead atoms. The third kappa shape index (κ3) is 4.03. The third-order valence-electron chi connectivity index (χ3n) is 2.06. The number of rotatable bonds is 5. The van der Waals surface area contributed by atoms with Crippen LogP contribution in [0.2, 0.25) is 0 Å². The van der Waals surface area contributed by atoms with Crippen molar-refractivity contribution in [2.24, 2.45) is 0 Å². The van der Waals surface area contributed by atoms with Gasteiger partial charge in [-0.2, -0.15) is 0 Å². The quantitative estimate of drug-likeness (QED) is 0.620. The maximum atomic E-state index is 12.7. The van der Waals surface area contributed by atoms with Crippen LogP contribution in [0.1, 0.15) is 30.2 Å². The molecule has 0 aliphatic heterocycles. The van der Waals surface area contributed by atoms with E-state index in [0.717, 1.165) is 5.56 Å². The molecule has 0 N–H and O–H groups in total. The van der Waals surface area contributed by atoms with Crippen molar-refractivity contribution in [1.29, 1.82) is 0 Å². The number of ether oxygens (including phenoxy) is 1. The summed E-state index contributed by atoms with van der Waals surface area (Å²) in [5.74, 6) is -0.525. The summed E-state index contributed by atoms with van der Waals surface area (Å²) in [6.45, 7) is 1.90. The molecule has 1 aromatic heterocycles. The number of halogens is 3. The highest BCUT2D eigenvalue weighted by molar-refractivity contribution is 9.08. The molecular weight excluding hydrogens is 296 g/mol. The molecule has 3 nitrogen and oxygen atoms in total. The van der Waals surface area contributed by atoms with E-state index in [1.807, 2.05) is 0 Å². The van der Waals surface area contributed by atoms with E-state index in [4.69, 9.17) is 4.74 Å². The largest absolute Gasteiger partial charge is 0.466 e. The van der Waals surface area contributed by atoms with Crippen LogP contribution >= 0.6 is 15.9 Å². The predicted octanol–water partition coefficient (Wildman–Crippen LogP) is 3.02. The molecule has 6 heteroatoms. The standard InChI is InChI=1S/C11H12BrF2NO2/c1-2-17-9(16)4-8-3-7(5-12)6-15-10(8)11(13)14/h3,6,11H,2,4-5H2,1H3. The Labute approximate surface area is 106 Å². The van der Waals surface area contributed by atoms with Gasteiger partial charge in [-0.25, -0.2) is 8.78 Å². The summed E-state index contributed by atoms with van der Waals surface area (Å²) in [6.07, 6.45) is -1.50. The fourth-order valence-corrected chi connectivity index (χ4v) is 1.66. The molecule has 0 spiro atoms. The maximum absolute atomic E-state index is 12.7. The molecule has 17 heavy (non-hydrogen) atoms. The van der Waals surface area contributed by atoms with Crippen LogP contribution in [-0.2, 0) is 21.3 Å². The molecule has 0 aliphatic rings. The number of hydrogen-bond donors (Lipinski definition) is 0. The van der Waals surface area contributed by atoms with E-state index in [1.54, 1.807) is 13.0 Å². The Kier molecular flexibility index (Phi) is 5.47. The van der Waals surface area contributed by atoms with E-state index in [-0.39, 0.29) is 24.3 Å². The van der Waals surface area contributed by atoms with E-state index in [2.05, 4.69) is 20.9 Å². The summed E-state index contributed by atoms with van der Waals surface area (Å²) in [6, 6.07) is 1.54. The number of esters is 1. The van der Waals surface area contributed by atoms with Gasteiger partial charge in [-0.05, 0) is 18.1 Å². The molecule has 0 unspecified atom stereocenters. The summed E-state index contributed by atoms with van der Waals surface area (Å²) in [5, 5.41) is 0.499. The van der Waals surface area contributed by atoms with Gasteiger partial charge < -0.3 is 4.74 Å². The van der Waals surface area contributed by atoms with Crippen LogP contribution in [0.5, 0.6) is 0 Å². The van der Waals surface area contributed by atoms with E-state index in [1.165, 1.54) is 6.20 Å². The zero-order chi connectivity index (χ0) is 12.8. The van der Waals surface area contributed by atoms with Crippen molar-refractivity contribution in [2.75, 3.05) is 6.61 Å². The highest BCUT2D eigenvalue weighted by Crippen LogP contribution is 2.22. The SMILES string of the molecule is CCOC(=O)Cc1cc(CBr)cnc1C(F)F. The molecule has 0 fully saturated rings. The number of hydrogen-bond acceptors (Lipinski definition) is 3. The van der Waals surface area contributed by atoms with E-state index in [9.17, 15) is 13.6 Å². The highest BCUT2D eigenvalue weighted by atomic mass is 79.9. The second kappa shape index (κ2) is 6.64. The summed E-state index contributed by atoms with van der Waals surface area (Å²) in [5.41, 5.74) is 0.604. The summed E-state index contributed by atoms with van der Waals surface area (Å²) < 4.78 is 30.1. The molecule has 0 radical (unpaired) electrons. The molecule has 0 saturated carbocycles. The molecule has 0 amide bonds.